The number of aliphatic carboxylic acids is 1. The number of amides is 2. The van der Waals surface area contributed by atoms with Crippen LogP contribution in [0.15, 0.2) is 18.7 Å². The first-order valence-corrected chi connectivity index (χ1v) is 6.20. The number of carboxylic acid groups (broad SMARTS) is 1. The lowest BCUT2D eigenvalue weighted by molar-refractivity contribution is -0.137. The van der Waals surface area contributed by atoms with Gasteiger partial charge in [0.15, 0.2) is 0 Å². The van der Waals surface area contributed by atoms with E-state index in [4.69, 9.17) is 5.11 Å². The molecule has 104 valence electrons. The van der Waals surface area contributed by atoms with E-state index in [9.17, 15) is 9.59 Å². The van der Waals surface area contributed by atoms with E-state index < -0.39 is 5.97 Å². The van der Waals surface area contributed by atoms with Gasteiger partial charge < -0.3 is 15.7 Å². The molecule has 0 saturated heterocycles. The van der Waals surface area contributed by atoms with Gasteiger partial charge in [0.05, 0.1) is 18.1 Å². The van der Waals surface area contributed by atoms with Crippen molar-refractivity contribution in [2.75, 3.05) is 11.9 Å². The van der Waals surface area contributed by atoms with Gasteiger partial charge in [-0.05, 0) is 12.8 Å². The standard InChI is InChI=1S/C12H18N4O3/c17-11(18)5-3-1-2-4-6-15-12(19)16-10-7-13-9-14-8-10/h7-9H,1-6H2,(H,17,18)(H2,15,16,19). The zero-order valence-corrected chi connectivity index (χ0v) is 10.6. The van der Waals surface area contributed by atoms with Crippen molar-refractivity contribution in [1.29, 1.82) is 0 Å². The Labute approximate surface area is 111 Å². The van der Waals surface area contributed by atoms with Crippen LogP contribution in [0.2, 0.25) is 0 Å². The van der Waals surface area contributed by atoms with E-state index in [0.717, 1.165) is 19.3 Å². The molecule has 1 aromatic heterocycles. The molecular weight excluding hydrogens is 248 g/mol. The Morgan fingerprint density at radius 1 is 1.11 bits per heavy atom. The zero-order valence-electron chi connectivity index (χ0n) is 10.6. The van der Waals surface area contributed by atoms with E-state index >= 15 is 0 Å². The smallest absolute Gasteiger partial charge is 0.319 e. The number of carbonyl (C=O) groups excluding carboxylic acids is 1. The molecule has 2 amide bonds. The van der Waals surface area contributed by atoms with Crippen molar-refractivity contribution >= 4 is 17.7 Å². The molecule has 0 radical (unpaired) electrons. The molecule has 1 rings (SSSR count). The van der Waals surface area contributed by atoms with Crippen molar-refractivity contribution in [2.45, 2.75) is 32.1 Å². The number of carbonyl (C=O) groups is 2. The molecule has 0 bridgehead atoms. The molecule has 7 heteroatoms. The Balaban J connectivity index is 2.00. The van der Waals surface area contributed by atoms with Crippen LogP contribution in [-0.2, 0) is 4.79 Å². The first kappa shape index (κ1) is 14.9. The predicted octanol–water partition coefficient (Wildman–Crippen LogP) is 1.63. The number of rotatable bonds is 8. The molecule has 0 fully saturated rings. The Bertz CT molecular complexity index is 397. The summed E-state index contributed by atoms with van der Waals surface area (Å²) in [6.45, 7) is 0.562. The van der Waals surface area contributed by atoms with Crippen LogP contribution in [-0.4, -0.2) is 33.6 Å². The summed E-state index contributed by atoms with van der Waals surface area (Å²) in [4.78, 5) is 29.3. The van der Waals surface area contributed by atoms with E-state index in [1.807, 2.05) is 0 Å². The highest BCUT2D eigenvalue weighted by Crippen LogP contribution is 2.02. The Morgan fingerprint density at radius 2 is 1.79 bits per heavy atom. The van der Waals surface area contributed by atoms with E-state index in [1.165, 1.54) is 18.7 Å². The van der Waals surface area contributed by atoms with Gasteiger partial charge in [-0.3, -0.25) is 4.79 Å². The third kappa shape index (κ3) is 7.69. The van der Waals surface area contributed by atoms with Crippen LogP contribution >= 0.6 is 0 Å². The molecule has 7 nitrogen and oxygen atoms in total. The maximum Gasteiger partial charge on any atom is 0.319 e. The minimum absolute atomic E-state index is 0.210. The van der Waals surface area contributed by atoms with Crippen LogP contribution < -0.4 is 10.6 Å². The summed E-state index contributed by atoms with van der Waals surface area (Å²) in [6.07, 6.45) is 7.91. The molecule has 0 aliphatic heterocycles. The highest BCUT2D eigenvalue weighted by Gasteiger charge is 2.01. The number of nitrogens with zero attached hydrogens (tertiary/aromatic N) is 2. The van der Waals surface area contributed by atoms with Crippen LogP contribution in [0, 0.1) is 0 Å². The fourth-order valence-electron chi connectivity index (χ4n) is 1.50. The molecule has 0 spiro atoms. The summed E-state index contributed by atoms with van der Waals surface area (Å²) in [6, 6.07) is -0.291. The average molecular weight is 266 g/mol. The number of anilines is 1. The van der Waals surface area contributed by atoms with Crippen LogP contribution in [0.5, 0.6) is 0 Å². The SMILES string of the molecule is O=C(O)CCCCCCNC(=O)Nc1cncnc1. The molecule has 1 heterocycles. The van der Waals surface area contributed by atoms with E-state index in [2.05, 4.69) is 20.6 Å². The third-order valence-corrected chi connectivity index (χ3v) is 2.42. The lowest BCUT2D eigenvalue weighted by Crippen LogP contribution is -2.29. The number of nitrogens with one attached hydrogen (secondary N) is 2. The minimum Gasteiger partial charge on any atom is -0.481 e. The fraction of sp³-hybridized carbons (Fsp3) is 0.500. The molecule has 0 unspecified atom stereocenters. The second-order valence-electron chi connectivity index (χ2n) is 4.07. The maximum absolute atomic E-state index is 11.4. The van der Waals surface area contributed by atoms with Crippen molar-refractivity contribution in [1.82, 2.24) is 15.3 Å². The Kier molecular flexibility index (Phi) is 6.93. The van der Waals surface area contributed by atoms with Gasteiger partial charge in [0.1, 0.15) is 6.33 Å². The largest absolute Gasteiger partial charge is 0.481 e. The highest BCUT2D eigenvalue weighted by atomic mass is 16.4. The number of unbranched alkanes of at least 4 members (excludes halogenated alkanes) is 3. The molecule has 0 saturated carbocycles. The van der Waals surface area contributed by atoms with Gasteiger partial charge in [-0.15, -0.1) is 0 Å². The van der Waals surface area contributed by atoms with Crippen LogP contribution in [0.4, 0.5) is 10.5 Å². The van der Waals surface area contributed by atoms with Crippen LogP contribution in [0.1, 0.15) is 32.1 Å². The lowest BCUT2D eigenvalue weighted by Gasteiger charge is -2.06. The summed E-state index contributed by atoms with van der Waals surface area (Å²) in [5, 5.41) is 13.8. The molecule has 1 aromatic rings. The molecule has 0 atom stereocenters. The third-order valence-electron chi connectivity index (χ3n) is 2.42. The van der Waals surface area contributed by atoms with Crippen molar-refractivity contribution in [3.05, 3.63) is 18.7 Å². The predicted molar refractivity (Wildman–Crippen MR) is 69.8 cm³/mol. The van der Waals surface area contributed by atoms with Crippen molar-refractivity contribution in [3.63, 3.8) is 0 Å². The summed E-state index contributed by atoms with van der Waals surface area (Å²) < 4.78 is 0. The second-order valence-corrected chi connectivity index (χ2v) is 4.07. The number of hydrogen-bond acceptors (Lipinski definition) is 4. The number of aromatic nitrogens is 2. The van der Waals surface area contributed by atoms with Crippen molar-refractivity contribution in [2.24, 2.45) is 0 Å². The monoisotopic (exact) mass is 266 g/mol. The lowest BCUT2D eigenvalue weighted by atomic mass is 10.1. The maximum atomic E-state index is 11.4. The van der Waals surface area contributed by atoms with Gasteiger partial charge in [0.2, 0.25) is 0 Å². The summed E-state index contributed by atoms with van der Waals surface area (Å²) >= 11 is 0. The fourth-order valence-corrected chi connectivity index (χ4v) is 1.50. The van der Waals surface area contributed by atoms with E-state index in [1.54, 1.807) is 0 Å². The molecule has 3 N–H and O–H groups in total. The second kappa shape index (κ2) is 8.84. The van der Waals surface area contributed by atoms with Gasteiger partial charge in [-0.25, -0.2) is 14.8 Å². The van der Waals surface area contributed by atoms with Crippen molar-refractivity contribution < 1.29 is 14.7 Å². The molecule has 0 aromatic carbocycles. The molecule has 0 aliphatic rings. The summed E-state index contributed by atoms with van der Waals surface area (Å²) in [7, 11) is 0. The van der Waals surface area contributed by atoms with Gasteiger partial charge >= 0.3 is 12.0 Å². The Morgan fingerprint density at radius 3 is 2.47 bits per heavy atom. The summed E-state index contributed by atoms with van der Waals surface area (Å²) in [5.74, 6) is -0.761. The first-order chi connectivity index (χ1) is 9.18. The average Bonchev–Trinajstić information content (AvgIpc) is 2.38. The quantitative estimate of drug-likeness (QED) is 0.620. The summed E-state index contributed by atoms with van der Waals surface area (Å²) in [5.41, 5.74) is 0.543. The van der Waals surface area contributed by atoms with E-state index in [0.29, 0.717) is 18.7 Å². The van der Waals surface area contributed by atoms with E-state index in [-0.39, 0.29) is 12.5 Å². The van der Waals surface area contributed by atoms with Crippen LogP contribution in [0.3, 0.4) is 0 Å². The van der Waals surface area contributed by atoms with Crippen molar-refractivity contribution in [3.8, 4) is 0 Å². The van der Waals surface area contributed by atoms with Crippen LogP contribution in [0.25, 0.3) is 0 Å². The van der Waals surface area contributed by atoms with Gasteiger partial charge in [-0.1, -0.05) is 12.8 Å². The zero-order chi connectivity index (χ0) is 13.9. The number of urea groups is 1. The van der Waals surface area contributed by atoms with Gasteiger partial charge in [-0.2, -0.15) is 0 Å². The normalized spacial score (nSPS) is 9.89. The number of hydrogen-bond donors (Lipinski definition) is 3. The minimum atomic E-state index is -0.761. The Hall–Kier alpha value is -2.18. The highest BCUT2D eigenvalue weighted by molar-refractivity contribution is 5.88. The van der Waals surface area contributed by atoms with Gasteiger partial charge in [0.25, 0.3) is 0 Å². The molecular formula is C12H18N4O3. The topological polar surface area (TPSA) is 104 Å². The first-order valence-electron chi connectivity index (χ1n) is 6.20. The number of carboxylic acids is 1. The van der Waals surface area contributed by atoms with Gasteiger partial charge in [0, 0.05) is 13.0 Å². The molecule has 0 aliphatic carbocycles. The molecule has 19 heavy (non-hydrogen) atoms.